The van der Waals surface area contributed by atoms with Crippen molar-refractivity contribution in [1.82, 2.24) is 30.0 Å². The second-order valence-corrected chi connectivity index (χ2v) is 9.50. The first-order valence-corrected chi connectivity index (χ1v) is 11.0. The smallest absolute Gasteiger partial charge is 0.245 e. The molecule has 3 aromatic rings. The van der Waals surface area contributed by atoms with Gasteiger partial charge in [-0.15, -0.1) is 10.2 Å². The van der Waals surface area contributed by atoms with Gasteiger partial charge >= 0.3 is 0 Å². The van der Waals surface area contributed by atoms with Crippen molar-refractivity contribution in [2.75, 3.05) is 11.9 Å². The quantitative estimate of drug-likeness (QED) is 0.648. The second-order valence-electron chi connectivity index (χ2n) is 9.50. The fourth-order valence-corrected chi connectivity index (χ4v) is 5.41. The van der Waals surface area contributed by atoms with Crippen molar-refractivity contribution in [2.24, 2.45) is 5.92 Å². The minimum absolute atomic E-state index is 0.0745. The molecule has 168 valence electrons. The second kappa shape index (κ2) is 7.81. The molecule has 0 spiro atoms. The van der Waals surface area contributed by atoms with Gasteiger partial charge in [-0.2, -0.15) is 0 Å². The van der Waals surface area contributed by atoms with Crippen LogP contribution in [0.1, 0.15) is 33.1 Å². The Morgan fingerprint density at radius 3 is 2.81 bits per heavy atom. The van der Waals surface area contributed by atoms with E-state index in [9.17, 15) is 5.11 Å². The van der Waals surface area contributed by atoms with Gasteiger partial charge in [-0.05, 0) is 44.2 Å². The molecule has 5 rings (SSSR count). The molecule has 0 saturated carbocycles. The van der Waals surface area contributed by atoms with E-state index in [4.69, 9.17) is 0 Å². The lowest BCUT2D eigenvalue weighted by Crippen LogP contribution is -2.68. The van der Waals surface area contributed by atoms with Crippen LogP contribution in [0, 0.1) is 5.92 Å². The van der Waals surface area contributed by atoms with Gasteiger partial charge in [-0.1, -0.05) is 6.92 Å². The number of nitrogens with zero attached hydrogens (tertiary/aromatic N) is 6. The zero-order valence-corrected chi connectivity index (χ0v) is 18.5. The fourth-order valence-electron chi connectivity index (χ4n) is 5.41. The number of anilines is 1. The van der Waals surface area contributed by atoms with E-state index >= 15 is 4.39 Å². The lowest BCUT2D eigenvalue weighted by atomic mass is 9.70. The van der Waals surface area contributed by atoms with Gasteiger partial charge in [0.25, 0.3) is 0 Å². The molecule has 2 aliphatic heterocycles. The number of benzene rings is 1. The van der Waals surface area contributed by atoms with E-state index in [1.54, 1.807) is 41.6 Å². The molecule has 1 unspecified atom stereocenters. The Morgan fingerprint density at radius 2 is 2.12 bits per heavy atom. The summed E-state index contributed by atoms with van der Waals surface area (Å²) in [5.74, 6) is 0.971. The Kier molecular flexibility index (Phi) is 5.08. The summed E-state index contributed by atoms with van der Waals surface area (Å²) in [5, 5.41) is 22.5. The normalized spacial score (nSPS) is 29.6. The lowest BCUT2D eigenvalue weighted by Gasteiger charge is -2.53. The molecular formula is C23H28FN7O. The Labute approximate surface area is 186 Å². The van der Waals surface area contributed by atoms with Gasteiger partial charge in [0, 0.05) is 42.7 Å². The Balaban J connectivity index is 1.36. The average molecular weight is 438 g/mol. The maximum absolute atomic E-state index is 15.3. The molecule has 2 aliphatic rings. The van der Waals surface area contributed by atoms with Crippen molar-refractivity contribution in [1.29, 1.82) is 0 Å². The largest absolute Gasteiger partial charge is 0.507 e. The first-order chi connectivity index (χ1) is 15.3. The van der Waals surface area contributed by atoms with E-state index in [-0.39, 0.29) is 23.4 Å². The van der Waals surface area contributed by atoms with Crippen LogP contribution in [0.5, 0.6) is 5.75 Å². The van der Waals surface area contributed by atoms with Crippen LogP contribution in [-0.4, -0.2) is 60.7 Å². The van der Waals surface area contributed by atoms with Crippen LogP contribution >= 0.6 is 0 Å². The third-order valence-corrected chi connectivity index (χ3v) is 6.82. The highest BCUT2D eigenvalue weighted by molar-refractivity contribution is 5.68. The number of hydrogen-bond donors (Lipinski definition) is 2. The molecule has 2 bridgehead atoms. The summed E-state index contributed by atoms with van der Waals surface area (Å²) in [6, 6.07) is 4.81. The summed E-state index contributed by atoms with van der Waals surface area (Å²) >= 11 is 0. The van der Waals surface area contributed by atoms with Crippen molar-refractivity contribution < 1.29 is 9.50 Å². The Bertz CT molecular complexity index is 1090. The third-order valence-electron chi connectivity index (χ3n) is 6.82. The van der Waals surface area contributed by atoms with E-state index in [0.29, 0.717) is 29.5 Å². The maximum Gasteiger partial charge on any atom is 0.245 e. The summed E-state index contributed by atoms with van der Waals surface area (Å²) in [4.78, 5) is 10.3. The number of rotatable bonds is 4. The molecule has 0 radical (unpaired) electrons. The van der Waals surface area contributed by atoms with Gasteiger partial charge < -0.3 is 19.9 Å². The molecule has 32 heavy (non-hydrogen) atoms. The van der Waals surface area contributed by atoms with E-state index in [0.717, 1.165) is 18.5 Å². The molecule has 2 N–H and O–H groups in total. The number of imidazole rings is 1. The molecule has 4 heterocycles. The number of aromatic hydroxyl groups is 1. The highest BCUT2D eigenvalue weighted by Gasteiger charge is 2.49. The number of alkyl halides is 1. The van der Waals surface area contributed by atoms with Gasteiger partial charge in [0.2, 0.25) is 5.95 Å². The number of fused-ring (bicyclic) bond motifs is 2. The fraction of sp³-hybridized carbons (Fsp3) is 0.478. The highest BCUT2D eigenvalue weighted by atomic mass is 19.1. The number of aromatic nitrogens is 5. The van der Waals surface area contributed by atoms with Crippen molar-refractivity contribution in [3.05, 3.63) is 43.1 Å². The number of phenolic OH excluding ortho intramolecular Hbond substituents is 1. The molecular weight excluding hydrogens is 409 g/mol. The van der Waals surface area contributed by atoms with Crippen molar-refractivity contribution in [2.45, 2.75) is 56.9 Å². The van der Waals surface area contributed by atoms with E-state index in [1.807, 2.05) is 18.0 Å². The topological polar surface area (TPSA) is 92.0 Å². The number of nitrogens with one attached hydrogen (secondary N) is 1. The van der Waals surface area contributed by atoms with Crippen LogP contribution in [0.2, 0.25) is 0 Å². The van der Waals surface area contributed by atoms with Gasteiger partial charge in [0.15, 0.2) is 0 Å². The minimum atomic E-state index is -1.00. The first-order valence-electron chi connectivity index (χ1n) is 11.0. The summed E-state index contributed by atoms with van der Waals surface area (Å²) < 4.78 is 17.1. The van der Waals surface area contributed by atoms with E-state index in [2.05, 4.69) is 39.3 Å². The summed E-state index contributed by atoms with van der Waals surface area (Å²) in [6.45, 7) is 4.38. The molecule has 1 aromatic carbocycles. The molecule has 2 saturated heterocycles. The van der Waals surface area contributed by atoms with Crippen molar-refractivity contribution in [3.63, 3.8) is 0 Å². The Morgan fingerprint density at radius 1 is 1.28 bits per heavy atom. The standard InChI is InChI=1S/C23H28FN7O/c1-14-8-17-21(24)19(11-23(2,10-14)27-17)30(3)22-26-12-18(28-29-22)16-5-4-15(9-20(16)32)31-7-6-25-13-31/h4-7,9,12-14,17,19,21,27,32H,8,10-11H2,1-3H3/t14-,17?,19-,21-,23-/m0/s1. The molecule has 0 amide bonds. The van der Waals surface area contributed by atoms with Crippen LogP contribution in [0.3, 0.4) is 0 Å². The van der Waals surface area contributed by atoms with Crippen LogP contribution in [0.4, 0.5) is 10.3 Å². The monoisotopic (exact) mass is 437 g/mol. The molecule has 5 atom stereocenters. The molecule has 9 heteroatoms. The van der Waals surface area contributed by atoms with Crippen LogP contribution in [0.25, 0.3) is 16.9 Å². The minimum Gasteiger partial charge on any atom is -0.507 e. The zero-order chi connectivity index (χ0) is 22.5. The lowest BCUT2D eigenvalue weighted by molar-refractivity contribution is 0.0388. The number of piperidine rings is 2. The SMILES string of the molecule is C[C@H]1CC2N[C@@](C)(C1)C[C@H](N(C)c1ncc(-c3ccc(-n4ccnc4)cc3O)nn1)[C@H]2F. The maximum atomic E-state index is 15.3. The van der Waals surface area contributed by atoms with Crippen LogP contribution < -0.4 is 10.2 Å². The van der Waals surface area contributed by atoms with Crippen LogP contribution in [-0.2, 0) is 0 Å². The van der Waals surface area contributed by atoms with Gasteiger partial charge in [0.05, 0.1) is 24.3 Å². The predicted molar refractivity (Wildman–Crippen MR) is 119 cm³/mol. The van der Waals surface area contributed by atoms with Gasteiger partial charge in [-0.25, -0.2) is 14.4 Å². The number of phenols is 1. The third kappa shape index (κ3) is 3.70. The number of hydrogen-bond acceptors (Lipinski definition) is 7. The van der Waals surface area contributed by atoms with Crippen molar-refractivity contribution in [3.8, 4) is 22.7 Å². The van der Waals surface area contributed by atoms with Gasteiger partial charge in [0.1, 0.15) is 17.6 Å². The van der Waals surface area contributed by atoms with Crippen molar-refractivity contribution >= 4 is 5.95 Å². The predicted octanol–water partition coefficient (Wildman–Crippen LogP) is 3.12. The zero-order valence-electron chi connectivity index (χ0n) is 18.5. The molecule has 0 aliphatic carbocycles. The van der Waals surface area contributed by atoms with Crippen LogP contribution in [0.15, 0.2) is 43.1 Å². The molecule has 2 aromatic heterocycles. The number of halogens is 1. The molecule has 8 nitrogen and oxygen atoms in total. The summed E-state index contributed by atoms with van der Waals surface area (Å²) in [6.07, 6.45) is 8.27. The van der Waals surface area contributed by atoms with E-state index in [1.165, 1.54) is 0 Å². The summed E-state index contributed by atoms with van der Waals surface area (Å²) in [5.41, 5.74) is 1.69. The first kappa shape index (κ1) is 20.8. The van der Waals surface area contributed by atoms with Gasteiger partial charge in [-0.3, -0.25) is 0 Å². The van der Waals surface area contributed by atoms with E-state index < -0.39 is 6.17 Å². The average Bonchev–Trinajstić information content (AvgIpc) is 3.30. The Hall–Kier alpha value is -3.07. The molecule has 2 fully saturated rings. The summed E-state index contributed by atoms with van der Waals surface area (Å²) in [7, 11) is 1.83. The highest BCUT2D eigenvalue weighted by Crippen LogP contribution is 2.40.